The fraction of sp³-hybridized carbons (Fsp3) is 0.0833. The minimum Gasteiger partial charge on any atom is -0.489 e. The molecule has 1 fully saturated rings. The van der Waals surface area contributed by atoms with Gasteiger partial charge in [-0.3, -0.25) is 14.5 Å². The van der Waals surface area contributed by atoms with Crippen LogP contribution in [0.25, 0.3) is 16.8 Å². The van der Waals surface area contributed by atoms with Crippen LogP contribution in [0.15, 0.2) is 84.3 Å². The van der Waals surface area contributed by atoms with Crippen molar-refractivity contribution in [1.29, 1.82) is 0 Å². The van der Waals surface area contributed by atoms with Gasteiger partial charge in [0.05, 0.1) is 4.91 Å². The monoisotopic (exact) mass is 401 g/mol. The normalized spacial score (nSPS) is 15.3. The Morgan fingerprint density at radius 2 is 1.72 bits per heavy atom. The summed E-state index contributed by atoms with van der Waals surface area (Å²) in [6.07, 6.45) is 3.27. The molecule has 2 amide bonds. The molecule has 0 radical (unpaired) electrons. The average molecular weight is 401 g/mol. The summed E-state index contributed by atoms with van der Waals surface area (Å²) in [6.45, 7) is 4.28. The van der Waals surface area contributed by atoms with Crippen LogP contribution in [-0.4, -0.2) is 22.6 Å². The molecule has 144 valence electrons. The zero-order chi connectivity index (χ0) is 20.2. The zero-order valence-electron chi connectivity index (χ0n) is 15.7. The number of benzene rings is 3. The third-order valence-corrected chi connectivity index (χ3v) is 5.49. The van der Waals surface area contributed by atoms with E-state index in [-0.39, 0.29) is 17.7 Å². The highest BCUT2D eigenvalue weighted by Crippen LogP contribution is 2.32. The number of hydrogen-bond acceptors (Lipinski definition) is 4. The Morgan fingerprint density at radius 3 is 2.48 bits per heavy atom. The van der Waals surface area contributed by atoms with E-state index in [4.69, 9.17) is 4.74 Å². The molecule has 0 aromatic heterocycles. The van der Waals surface area contributed by atoms with Gasteiger partial charge >= 0.3 is 0 Å². The fourth-order valence-electron chi connectivity index (χ4n) is 3.09. The van der Waals surface area contributed by atoms with Crippen LogP contribution >= 0.6 is 11.8 Å². The van der Waals surface area contributed by atoms with Crippen molar-refractivity contribution in [3.8, 4) is 5.75 Å². The predicted molar refractivity (Wildman–Crippen MR) is 118 cm³/mol. The molecule has 1 heterocycles. The molecule has 29 heavy (non-hydrogen) atoms. The van der Waals surface area contributed by atoms with E-state index in [1.807, 2.05) is 36.4 Å². The number of imide groups is 1. The first-order valence-corrected chi connectivity index (χ1v) is 10.0. The summed E-state index contributed by atoms with van der Waals surface area (Å²) >= 11 is 0.949. The van der Waals surface area contributed by atoms with Gasteiger partial charge in [-0.15, -0.1) is 6.58 Å². The van der Waals surface area contributed by atoms with Crippen molar-refractivity contribution in [3.63, 3.8) is 0 Å². The number of ether oxygens (including phenoxy) is 1. The lowest BCUT2D eigenvalue weighted by atomic mass is 10.1. The summed E-state index contributed by atoms with van der Waals surface area (Å²) in [7, 11) is 0. The molecule has 0 saturated carbocycles. The number of carbonyl (C=O) groups is 2. The van der Waals surface area contributed by atoms with Gasteiger partial charge in [-0.2, -0.15) is 0 Å². The van der Waals surface area contributed by atoms with E-state index < -0.39 is 0 Å². The number of rotatable bonds is 6. The Kier molecular flexibility index (Phi) is 5.49. The molecule has 0 unspecified atom stereocenters. The maximum atomic E-state index is 12.3. The second-order valence-corrected chi connectivity index (χ2v) is 7.61. The van der Waals surface area contributed by atoms with Gasteiger partial charge in [0.15, 0.2) is 0 Å². The molecule has 3 aromatic carbocycles. The van der Waals surface area contributed by atoms with Crippen LogP contribution < -0.4 is 4.74 Å². The molecular weight excluding hydrogens is 382 g/mol. The first-order chi connectivity index (χ1) is 14.1. The molecule has 1 saturated heterocycles. The highest BCUT2D eigenvalue weighted by Gasteiger charge is 2.33. The van der Waals surface area contributed by atoms with Crippen molar-refractivity contribution in [3.05, 3.63) is 95.4 Å². The van der Waals surface area contributed by atoms with Crippen LogP contribution in [0.1, 0.15) is 11.1 Å². The number of carbonyl (C=O) groups excluding carboxylic acids is 2. The molecule has 0 N–H and O–H groups in total. The standard InChI is InChI=1S/C24H19NO3S/c1-2-13-25-23(26)22(29-24(25)27)15-17-8-11-21(12-9-17)28-16-18-7-10-19-5-3-4-6-20(19)14-18/h2-12,14-15H,1,13,16H2/b22-15+. The molecule has 0 atom stereocenters. The number of amides is 2. The first-order valence-electron chi connectivity index (χ1n) is 9.21. The average Bonchev–Trinajstić information content (AvgIpc) is 3.01. The van der Waals surface area contributed by atoms with Gasteiger partial charge in [0, 0.05) is 6.54 Å². The van der Waals surface area contributed by atoms with Gasteiger partial charge in [0.25, 0.3) is 11.1 Å². The van der Waals surface area contributed by atoms with Crippen molar-refractivity contribution in [1.82, 2.24) is 4.90 Å². The molecule has 4 rings (SSSR count). The molecule has 0 bridgehead atoms. The van der Waals surface area contributed by atoms with Gasteiger partial charge in [-0.25, -0.2) is 0 Å². The van der Waals surface area contributed by atoms with Gasteiger partial charge < -0.3 is 4.74 Å². The van der Waals surface area contributed by atoms with Crippen LogP contribution in [0, 0.1) is 0 Å². The summed E-state index contributed by atoms with van der Waals surface area (Å²) < 4.78 is 5.89. The first kappa shape index (κ1) is 19.0. The molecule has 3 aromatic rings. The predicted octanol–water partition coefficient (Wildman–Crippen LogP) is 5.64. The lowest BCUT2D eigenvalue weighted by Crippen LogP contribution is -2.27. The van der Waals surface area contributed by atoms with Crippen molar-refractivity contribution in [2.75, 3.05) is 6.54 Å². The maximum Gasteiger partial charge on any atom is 0.293 e. The van der Waals surface area contributed by atoms with E-state index >= 15 is 0 Å². The van der Waals surface area contributed by atoms with Crippen molar-refractivity contribution in [2.45, 2.75) is 6.61 Å². The van der Waals surface area contributed by atoms with E-state index in [2.05, 4.69) is 36.9 Å². The smallest absolute Gasteiger partial charge is 0.293 e. The lowest BCUT2D eigenvalue weighted by Gasteiger charge is -2.08. The van der Waals surface area contributed by atoms with E-state index in [9.17, 15) is 9.59 Å². The minimum absolute atomic E-state index is 0.226. The molecule has 4 nitrogen and oxygen atoms in total. The molecular formula is C24H19NO3S. The highest BCUT2D eigenvalue weighted by molar-refractivity contribution is 8.18. The molecule has 0 aliphatic carbocycles. The van der Waals surface area contributed by atoms with E-state index in [0.717, 1.165) is 28.6 Å². The zero-order valence-corrected chi connectivity index (χ0v) is 16.5. The summed E-state index contributed by atoms with van der Waals surface area (Å²) in [6, 6.07) is 22.0. The third kappa shape index (κ3) is 4.25. The van der Waals surface area contributed by atoms with E-state index in [0.29, 0.717) is 11.5 Å². The molecule has 0 spiro atoms. The quantitative estimate of drug-likeness (QED) is 0.396. The van der Waals surface area contributed by atoms with E-state index in [1.165, 1.54) is 15.7 Å². The number of hydrogen-bond donors (Lipinski definition) is 0. The number of nitrogens with zero attached hydrogens (tertiary/aromatic N) is 1. The van der Waals surface area contributed by atoms with Crippen molar-refractivity contribution >= 4 is 39.8 Å². The SMILES string of the molecule is C=CCN1C(=O)S/C(=C/c2ccc(OCc3ccc4ccccc4c3)cc2)C1=O. The van der Waals surface area contributed by atoms with Gasteiger partial charge in [0.1, 0.15) is 12.4 Å². The summed E-state index contributed by atoms with van der Waals surface area (Å²) in [5.41, 5.74) is 1.94. The Bertz CT molecular complexity index is 1120. The Balaban J connectivity index is 1.42. The van der Waals surface area contributed by atoms with Crippen LogP contribution in [0.3, 0.4) is 0 Å². The van der Waals surface area contributed by atoms with Crippen LogP contribution in [0.5, 0.6) is 5.75 Å². The Hall–Kier alpha value is -3.31. The fourth-order valence-corrected chi connectivity index (χ4v) is 3.94. The van der Waals surface area contributed by atoms with Gasteiger partial charge in [-0.05, 0) is 57.9 Å². The van der Waals surface area contributed by atoms with Crippen LogP contribution in [-0.2, 0) is 11.4 Å². The highest BCUT2D eigenvalue weighted by atomic mass is 32.2. The van der Waals surface area contributed by atoms with E-state index in [1.54, 1.807) is 12.2 Å². The minimum atomic E-state index is -0.281. The number of fused-ring (bicyclic) bond motifs is 1. The number of thioether (sulfide) groups is 1. The second kappa shape index (κ2) is 8.37. The third-order valence-electron chi connectivity index (χ3n) is 4.58. The van der Waals surface area contributed by atoms with Crippen LogP contribution in [0.4, 0.5) is 4.79 Å². The Morgan fingerprint density at radius 1 is 0.966 bits per heavy atom. The van der Waals surface area contributed by atoms with Crippen molar-refractivity contribution < 1.29 is 14.3 Å². The topological polar surface area (TPSA) is 46.6 Å². The summed E-state index contributed by atoms with van der Waals surface area (Å²) in [4.78, 5) is 25.8. The molecule has 1 aliphatic heterocycles. The lowest BCUT2D eigenvalue weighted by molar-refractivity contribution is -0.122. The van der Waals surface area contributed by atoms with Gasteiger partial charge in [0.2, 0.25) is 0 Å². The largest absolute Gasteiger partial charge is 0.489 e. The maximum absolute atomic E-state index is 12.3. The molecule has 5 heteroatoms. The van der Waals surface area contributed by atoms with Gasteiger partial charge in [-0.1, -0.05) is 54.6 Å². The second-order valence-electron chi connectivity index (χ2n) is 6.62. The van der Waals surface area contributed by atoms with Crippen LogP contribution in [0.2, 0.25) is 0 Å². The summed E-state index contributed by atoms with van der Waals surface area (Å²) in [5, 5.41) is 2.13. The van der Waals surface area contributed by atoms with Crippen molar-refractivity contribution in [2.24, 2.45) is 0 Å². The Labute approximate surface area is 173 Å². The molecule has 1 aliphatic rings. The summed E-state index contributed by atoms with van der Waals surface area (Å²) in [5.74, 6) is 0.464.